The first kappa shape index (κ1) is 24.6. The summed E-state index contributed by atoms with van der Waals surface area (Å²) in [5, 5.41) is 58.3. The van der Waals surface area contributed by atoms with Crippen LogP contribution < -0.4 is 10.2 Å². The van der Waals surface area contributed by atoms with Crippen molar-refractivity contribution in [3.05, 3.63) is 52.9 Å². The lowest BCUT2D eigenvalue weighted by Crippen LogP contribution is -2.59. The van der Waals surface area contributed by atoms with Gasteiger partial charge in [0, 0.05) is 12.1 Å². The predicted octanol–water partition coefficient (Wildman–Crippen LogP) is -0.407. The Labute approximate surface area is 196 Å². The Morgan fingerprint density at radius 3 is 2.40 bits per heavy atom. The minimum Gasteiger partial charge on any atom is -0.508 e. The van der Waals surface area contributed by atoms with Gasteiger partial charge in [-0.05, 0) is 17.7 Å². The zero-order valence-electron chi connectivity index (χ0n) is 18.0. The van der Waals surface area contributed by atoms with Gasteiger partial charge in [0.15, 0.2) is 6.29 Å². The minimum atomic E-state index is -1.69. The second kappa shape index (κ2) is 10.00. The lowest BCUT2D eigenvalue weighted by molar-refractivity contribution is -0.299. The first-order valence-corrected chi connectivity index (χ1v) is 10.4. The fourth-order valence-corrected chi connectivity index (χ4v) is 3.62. The topological polar surface area (TPSA) is 196 Å². The van der Waals surface area contributed by atoms with Crippen LogP contribution in [-0.2, 0) is 14.3 Å². The van der Waals surface area contributed by atoms with E-state index in [-0.39, 0.29) is 28.0 Å². The highest BCUT2D eigenvalue weighted by atomic mass is 16.7. The third-order valence-electron chi connectivity index (χ3n) is 5.45. The van der Waals surface area contributed by atoms with Gasteiger partial charge in [-0.2, -0.15) is 0 Å². The number of carbonyl (C=O) groups is 1. The number of esters is 1. The van der Waals surface area contributed by atoms with Crippen molar-refractivity contribution >= 4 is 16.9 Å². The Morgan fingerprint density at radius 2 is 1.71 bits per heavy atom. The maximum atomic E-state index is 12.9. The van der Waals surface area contributed by atoms with E-state index in [1.165, 1.54) is 36.6 Å². The van der Waals surface area contributed by atoms with Crippen molar-refractivity contribution < 1.29 is 54.1 Å². The standard InChI is InChI=1S/C23H22O12/c24-7-16-20(29)21(30)22(31)23(35-16)33-9-17(27)34-12-5-14(26)18-15(6-12)32-8-13(19(18)28)10-1-3-11(25)4-2-10/h1-6,8,16,20-26,29-31H,7,9H2/t16-,20-,21+,22-,23?/m1/s1. The number of carbonyl (C=O) groups excluding carboxylic acids is 1. The number of rotatable bonds is 6. The molecule has 12 heteroatoms. The van der Waals surface area contributed by atoms with Gasteiger partial charge in [-0.15, -0.1) is 0 Å². The summed E-state index contributed by atoms with van der Waals surface area (Å²) in [6.45, 7) is -1.42. The molecule has 12 nitrogen and oxygen atoms in total. The zero-order valence-corrected chi connectivity index (χ0v) is 18.0. The van der Waals surface area contributed by atoms with Crippen molar-refractivity contribution in [3.63, 3.8) is 0 Å². The molecule has 1 fully saturated rings. The molecule has 3 aromatic rings. The summed E-state index contributed by atoms with van der Waals surface area (Å²) in [6, 6.07) is 8.06. The molecule has 5 atom stereocenters. The molecule has 0 aliphatic carbocycles. The first-order chi connectivity index (χ1) is 16.7. The largest absolute Gasteiger partial charge is 0.508 e. The van der Waals surface area contributed by atoms with Crippen molar-refractivity contribution in [2.45, 2.75) is 30.7 Å². The van der Waals surface area contributed by atoms with Gasteiger partial charge in [0.1, 0.15) is 65.5 Å². The van der Waals surface area contributed by atoms with E-state index in [1.807, 2.05) is 0 Å². The lowest BCUT2D eigenvalue weighted by Gasteiger charge is -2.39. The van der Waals surface area contributed by atoms with Crippen LogP contribution in [0.4, 0.5) is 0 Å². The molecule has 0 saturated carbocycles. The van der Waals surface area contributed by atoms with Crippen LogP contribution in [0.5, 0.6) is 17.2 Å². The normalized spacial score (nSPS) is 24.4. The van der Waals surface area contributed by atoms with Gasteiger partial charge >= 0.3 is 5.97 Å². The maximum Gasteiger partial charge on any atom is 0.337 e. The van der Waals surface area contributed by atoms with E-state index in [1.54, 1.807) is 0 Å². The molecule has 186 valence electrons. The molecule has 4 rings (SSSR count). The molecule has 6 N–H and O–H groups in total. The van der Waals surface area contributed by atoms with Crippen LogP contribution in [0.3, 0.4) is 0 Å². The third-order valence-corrected chi connectivity index (χ3v) is 5.45. The first-order valence-electron chi connectivity index (χ1n) is 10.4. The van der Waals surface area contributed by atoms with E-state index in [0.717, 1.165) is 6.07 Å². The molecule has 2 aromatic carbocycles. The number of aliphatic hydroxyl groups is 4. The lowest BCUT2D eigenvalue weighted by atomic mass is 9.99. The van der Waals surface area contributed by atoms with Crippen LogP contribution in [-0.4, -0.2) is 80.5 Å². The molecular formula is C23H22O12. The van der Waals surface area contributed by atoms with E-state index in [0.29, 0.717) is 5.56 Å². The van der Waals surface area contributed by atoms with Gasteiger partial charge in [0.2, 0.25) is 5.43 Å². The molecule has 1 saturated heterocycles. The summed E-state index contributed by atoms with van der Waals surface area (Å²) in [4.78, 5) is 25.1. The van der Waals surface area contributed by atoms with Gasteiger partial charge in [0.25, 0.3) is 0 Å². The number of fused-ring (bicyclic) bond motifs is 1. The molecule has 0 amide bonds. The molecule has 2 heterocycles. The molecule has 0 spiro atoms. The predicted molar refractivity (Wildman–Crippen MR) is 117 cm³/mol. The molecule has 0 radical (unpaired) electrons. The van der Waals surface area contributed by atoms with Crippen LogP contribution in [0, 0.1) is 0 Å². The van der Waals surface area contributed by atoms with Crippen molar-refractivity contribution in [1.82, 2.24) is 0 Å². The van der Waals surface area contributed by atoms with Gasteiger partial charge in [0.05, 0.1) is 12.2 Å². The summed E-state index contributed by atoms with van der Waals surface area (Å²) in [5.41, 5.74) is -0.00221. The molecule has 1 aromatic heterocycles. The summed E-state index contributed by atoms with van der Waals surface area (Å²) in [7, 11) is 0. The molecule has 0 bridgehead atoms. The quantitative estimate of drug-likeness (QED) is 0.193. The summed E-state index contributed by atoms with van der Waals surface area (Å²) >= 11 is 0. The molecule has 1 unspecified atom stereocenters. The number of hydrogen-bond donors (Lipinski definition) is 6. The highest BCUT2D eigenvalue weighted by Gasteiger charge is 2.44. The van der Waals surface area contributed by atoms with Crippen molar-refractivity contribution in [2.24, 2.45) is 0 Å². The Hall–Kier alpha value is -3.52. The van der Waals surface area contributed by atoms with Crippen molar-refractivity contribution in [1.29, 1.82) is 0 Å². The van der Waals surface area contributed by atoms with Crippen molar-refractivity contribution in [2.75, 3.05) is 13.2 Å². The van der Waals surface area contributed by atoms with Gasteiger partial charge in [-0.3, -0.25) is 4.79 Å². The summed E-state index contributed by atoms with van der Waals surface area (Å²) < 4.78 is 20.8. The van der Waals surface area contributed by atoms with Gasteiger partial charge in [-0.1, -0.05) is 12.1 Å². The highest BCUT2D eigenvalue weighted by molar-refractivity contribution is 5.88. The fourth-order valence-electron chi connectivity index (χ4n) is 3.62. The van der Waals surface area contributed by atoms with E-state index >= 15 is 0 Å². The summed E-state index contributed by atoms with van der Waals surface area (Å²) in [6.07, 6.45) is -6.51. The van der Waals surface area contributed by atoms with E-state index in [9.17, 15) is 40.2 Å². The fraction of sp³-hybridized carbons (Fsp3) is 0.304. The third kappa shape index (κ3) is 4.98. The average molecular weight is 490 g/mol. The molecular weight excluding hydrogens is 468 g/mol. The van der Waals surface area contributed by atoms with Crippen LogP contribution in [0.1, 0.15) is 0 Å². The number of hydrogen-bond acceptors (Lipinski definition) is 12. The van der Waals surface area contributed by atoms with E-state index < -0.39 is 61.1 Å². The monoisotopic (exact) mass is 490 g/mol. The van der Waals surface area contributed by atoms with Crippen molar-refractivity contribution in [3.8, 4) is 28.4 Å². The van der Waals surface area contributed by atoms with E-state index in [4.69, 9.17) is 18.6 Å². The smallest absolute Gasteiger partial charge is 0.337 e. The number of phenols is 2. The molecule has 1 aliphatic heterocycles. The minimum absolute atomic E-state index is 0.0174. The van der Waals surface area contributed by atoms with E-state index in [2.05, 4.69) is 0 Å². The Bertz CT molecular complexity index is 1270. The average Bonchev–Trinajstić information content (AvgIpc) is 2.83. The Kier molecular flexibility index (Phi) is 7.03. The second-order valence-corrected chi connectivity index (χ2v) is 7.82. The SMILES string of the molecule is O=C(COC1O[C@H](CO)[C@@H](O)[C@H](O)[C@H]1O)Oc1cc(O)c2c(=O)c(-c3ccc(O)cc3)coc2c1. The number of aliphatic hydroxyl groups excluding tert-OH is 4. The Balaban J connectivity index is 1.48. The molecule has 35 heavy (non-hydrogen) atoms. The Morgan fingerprint density at radius 1 is 1.00 bits per heavy atom. The number of ether oxygens (including phenoxy) is 3. The van der Waals surface area contributed by atoms with Gasteiger partial charge in [-0.25, -0.2) is 4.79 Å². The number of phenolic OH excluding ortho intramolecular Hbond substituents is 2. The zero-order chi connectivity index (χ0) is 25.3. The summed E-state index contributed by atoms with van der Waals surface area (Å²) in [5.74, 6) is -1.64. The second-order valence-electron chi connectivity index (χ2n) is 7.82. The highest BCUT2D eigenvalue weighted by Crippen LogP contribution is 2.31. The maximum absolute atomic E-state index is 12.9. The van der Waals surface area contributed by atoms with Crippen LogP contribution in [0.25, 0.3) is 22.1 Å². The van der Waals surface area contributed by atoms with Crippen LogP contribution in [0.15, 0.2) is 51.9 Å². The number of benzene rings is 2. The van der Waals surface area contributed by atoms with Crippen LogP contribution >= 0.6 is 0 Å². The number of aromatic hydroxyl groups is 2. The van der Waals surface area contributed by atoms with Crippen LogP contribution in [0.2, 0.25) is 0 Å². The molecule has 1 aliphatic rings. The van der Waals surface area contributed by atoms with Gasteiger partial charge < -0.3 is 49.3 Å².